The number of amides is 1. The molecule has 6 heteroatoms. The van der Waals surface area contributed by atoms with Crippen molar-refractivity contribution in [1.29, 1.82) is 0 Å². The third-order valence-electron chi connectivity index (χ3n) is 5.83. The summed E-state index contributed by atoms with van der Waals surface area (Å²) in [7, 11) is 0. The molecule has 160 valence electrons. The summed E-state index contributed by atoms with van der Waals surface area (Å²) < 4.78 is 0.997. The number of anilines is 1. The molecule has 0 spiro atoms. The molecule has 0 saturated carbocycles. The molecule has 5 nitrogen and oxygen atoms in total. The predicted octanol–water partition coefficient (Wildman–Crippen LogP) is 5.33. The molecular formula is C26H23BrN4O. The summed E-state index contributed by atoms with van der Waals surface area (Å²) >= 11 is 3.54. The minimum Gasteiger partial charge on any atom is -0.352 e. The molecule has 0 unspecified atom stereocenters. The van der Waals surface area contributed by atoms with E-state index >= 15 is 0 Å². The molecule has 3 aromatic carbocycles. The van der Waals surface area contributed by atoms with Crippen LogP contribution in [0.1, 0.15) is 15.9 Å². The molecule has 5 rings (SSSR count). The Morgan fingerprint density at radius 1 is 0.875 bits per heavy atom. The maximum absolute atomic E-state index is 12.9. The molecule has 0 aliphatic carbocycles. The topological polar surface area (TPSA) is 49.3 Å². The molecule has 1 aliphatic rings. The molecule has 0 N–H and O–H groups in total. The summed E-state index contributed by atoms with van der Waals surface area (Å²) in [6.07, 6.45) is 0. The Bertz CT molecular complexity index is 1280. The van der Waals surface area contributed by atoms with Gasteiger partial charge in [0.25, 0.3) is 5.91 Å². The largest absolute Gasteiger partial charge is 0.352 e. The van der Waals surface area contributed by atoms with Crippen molar-refractivity contribution in [3.63, 3.8) is 0 Å². The monoisotopic (exact) mass is 486 g/mol. The normalized spacial score (nSPS) is 14.1. The number of carbonyl (C=O) groups is 1. The number of halogens is 1. The van der Waals surface area contributed by atoms with Gasteiger partial charge < -0.3 is 9.80 Å². The van der Waals surface area contributed by atoms with Crippen molar-refractivity contribution in [3.05, 3.63) is 88.4 Å². The molecule has 1 aromatic heterocycles. The van der Waals surface area contributed by atoms with E-state index in [0.29, 0.717) is 18.9 Å². The average molecular weight is 487 g/mol. The highest BCUT2D eigenvalue weighted by Crippen LogP contribution is 2.29. The molecule has 0 radical (unpaired) electrons. The minimum absolute atomic E-state index is 0.0898. The zero-order valence-electron chi connectivity index (χ0n) is 17.8. The first kappa shape index (κ1) is 20.6. The Balaban J connectivity index is 1.42. The van der Waals surface area contributed by atoms with Gasteiger partial charge in [-0.2, -0.15) is 0 Å². The van der Waals surface area contributed by atoms with E-state index in [9.17, 15) is 4.79 Å². The summed E-state index contributed by atoms with van der Waals surface area (Å²) in [6, 6.07) is 24.0. The number of benzene rings is 3. The second-order valence-corrected chi connectivity index (χ2v) is 8.96. The van der Waals surface area contributed by atoms with Gasteiger partial charge >= 0.3 is 0 Å². The molecule has 1 fully saturated rings. The zero-order chi connectivity index (χ0) is 22.1. The number of aryl methyl sites for hydroxylation is 1. The van der Waals surface area contributed by atoms with Crippen LogP contribution in [0.25, 0.3) is 22.3 Å². The summed E-state index contributed by atoms with van der Waals surface area (Å²) in [6.45, 7) is 4.82. The van der Waals surface area contributed by atoms with Gasteiger partial charge in [0.2, 0.25) is 0 Å². The first-order valence-corrected chi connectivity index (χ1v) is 11.5. The first-order valence-electron chi connectivity index (χ1n) is 10.7. The van der Waals surface area contributed by atoms with Crippen molar-refractivity contribution in [1.82, 2.24) is 14.9 Å². The molecule has 1 amide bonds. The van der Waals surface area contributed by atoms with Crippen LogP contribution in [-0.2, 0) is 0 Å². The lowest BCUT2D eigenvalue weighted by Gasteiger charge is -2.36. The number of carbonyl (C=O) groups excluding carboxylic acids is 1. The summed E-state index contributed by atoms with van der Waals surface area (Å²) in [5.74, 6) is 1.72. The van der Waals surface area contributed by atoms with Crippen molar-refractivity contribution in [3.8, 4) is 11.4 Å². The van der Waals surface area contributed by atoms with Gasteiger partial charge in [0.05, 0.1) is 5.52 Å². The third-order valence-corrected chi connectivity index (χ3v) is 6.32. The van der Waals surface area contributed by atoms with Crippen LogP contribution < -0.4 is 4.90 Å². The summed E-state index contributed by atoms with van der Waals surface area (Å²) in [5.41, 5.74) is 3.79. The SMILES string of the molecule is Cc1ccc(C(=O)N2CCN(c3nc(-c4cccc(Br)c4)nc4ccccc34)CC2)cc1. The fraction of sp³-hybridized carbons (Fsp3) is 0.192. The second-order valence-electron chi connectivity index (χ2n) is 8.04. The standard InChI is InChI=1S/C26H23BrN4O/c1-18-9-11-19(12-10-18)26(32)31-15-13-30(14-16-31)25-22-7-2-3-8-23(22)28-24(29-25)20-5-4-6-21(27)17-20/h2-12,17H,13-16H2,1H3. The van der Waals surface area contributed by atoms with Crippen molar-refractivity contribution in [2.75, 3.05) is 31.1 Å². The number of hydrogen-bond donors (Lipinski definition) is 0. The van der Waals surface area contributed by atoms with E-state index < -0.39 is 0 Å². The summed E-state index contributed by atoms with van der Waals surface area (Å²) in [4.78, 5) is 26.9. The molecule has 0 atom stereocenters. The molecule has 4 aromatic rings. The van der Waals surface area contributed by atoms with Crippen LogP contribution in [0, 0.1) is 6.92 Å². The lowest BCUT2D eigenvalue weighted by molar-refractivity contribution is 0.0746. The maximum atomic E-state index is 12.9. The third kappa shape index (κ3) is 4.10. The van der Waals surface area contributed by atoms with Gasteiger partial charge in [-0.15, -0.1) is 0 Å². The highest BCUT2D eigenvalue weighted by Gasteiger charge is 2.24. The van der Waals surface area contributed by atoms with Crippen LogP contribution in [0.5, 0.6) is 0 Å². The molecular weight excluding hydrogens is 464 g/mol. The van der Waals surface area contributed by atoms with Gasteiger partial charge in [-0.25, -0.2) is 9.97 Å². The molecule has 2 heterocycles. The van der Waals surface area contributed by atoms with Gasteiger partial charge in [-0.3, -0.25) is 4.79 Å². The van der Waals surface area contributed by atoms with Gasteiger partial charge in [-0.1, -0.05) is 57.9 Å². The highest BCUT2D eigenvalue weighted by molar-refractivity contribution is 9.10. The van der Waals surface area contributed by atoms with Gasteiger partial charge in [0.1, 0.15) is 5.82 Å². The first-order chi connectivity index (χ1) is 15.6. The smallest absolute Gasteiger partial charge is 0.253 e. The van der Waals surface area contributed by atoms with Gasteiger partial charge in [0, 0.05) is 47.2 Å². The number of fused-ring (bicyclic) bond motifs is 1. The number of piperazine rings is 1. The van der Waals surface area contributed by atoms with Gasteiger partial charge in [-0.05, 0) is 43.3 Å². The number of aromatic nitrogens is 2. The van der Waals surface area contributed by atoms with Crippen LogP contribution in [-0.4, -0.2) is 47.0 Å². The zero-order valence-corrected chi connectivity index (χ0v) is 19.4. The quantitative estimate of drug-likeness (QED) is 0.392. The van der Waals surface area contributed by atoms with Crippen molar-refractivity contribution in [2.24, 2.45) is 0 Å². The second kappa shape index (κ2) is 8.71. The van der Waals surface area contributed by atoms with Crippen molar-refractivity contribution >= 4 is 38.6 Å². The Hall–Kier alpha value is -3.25. The fourth-order valence-corrected chi connectivity index (χ4v) is 4.46. The Kier molecular flexibility index (Phi) is 5.62. The van der Waals surface area contributed by atoms with Crippen molar-refractivity contribution < 1.29 is 4.79 Å². The van der Waals surface area contributed by atoms with E-state index in [1.807, 2.05) is 78.6 Å². The van der Waals surface area contributed by atoms with E-state index in [1.165, 1.54) is 0 Å². The number of hydrogen-bond acceptors (Lipinski definition) is 4. The summed E-state index contributed by atoms with van der Waals surface area (Å²) in [5, 5.41) is 1.03. The Morgan fingerprint density at radius 2 is 1.62 bits per heavy atom. The van der Waals surface area contributed by atoms with Crippen LogP contribution in [0.3, 0.4) is 0 Å². The number of rotatable bonds is 3. The molecule has 32 heavy (non-hydrogen) atoms. The van der Waals surface area contributed by atoms with Crippen LogP contribution >= 0.6 is 15.9 Å². The Labute approximate surface area is 195 Å². The predicted molar refractivity (Wildman–Crippen MR) is 132 cm³/mol. The molecule has 0 bridgehead atoms. The van der Waals surface area contributed by atoms with Crippen LogP contribution in [0.15, 0.2) is 77.3 Å². The molecule has 1 aliphatic heterocycles. The van der Waals surface area contributed by atoms with E-state index in [1.54, 1.807) is 0 Å². The lowest BCUT2D eigenvalue weighted by Crippen LogP contribution is -2.49. The maximum Gasteiger partial charge on any atom is 0.253 e. The molecule has 1 saturated heterocycles. The van der Waals surface area contributed by atoms with E-state index in [4.69, 9.17) is 9.97 Å². The van der Waals surface area contributed by atoms with Gasteiger partial charge in [0.15, 0.2) is 5.82 Å². The Morgan fingerprint density at radius 3 is 2.38 bits per heavy atom. The van der Waals surface area contributed by atoms with Crippen LogP contribution in [0.2, 0.25) is 0 Å². The lowest BCUT2D eigenvalue weighted by atomic mass is 10.1. The number of nitrogens with zero attached hydrogens (tertiary/aromatic N) is 4. The van der Waals surface area contributed by atoms with E-state index in [-0.39, 0.29) is 5.91 Å². The van der Waals surface area contributed by atoms with E-state index in [0.717, 1.165) is 51.0 Å². The average Bonchev–Trinajstić information content (AvgIpc) is 2.83. The highest BCUT2D eigenvalue weighted by atomic mass is 79.9. The minimum atomic E-state index is 0.0898. The van der Waals surface area contributed by atoms with Crippen molar-refractivity contribution in [2.45, 2.75) is 6.92 Å². The van der Waals surface area contributed by atoms with Crippen LogP contribution in [0.4, 0.5) is 5.82 Å². The number of para-hydroxylation sites is 1. The fourth-order valence-electron chi connectivity index (χ4n) is 4.06. The van der Waals surface area contributed by atoms with E-state index in [2.05, 4.69) is 26.9 Å².